The minimum absolute atomic E-state index is 0.0104. The second-order valence-electron chi connectivity index (χ2n) is 7.54. The highest BCUT2D eigenvalue weighted by Crippen LogP contribution is 2.21. The maximum absolute atomic E-state index is 12.7. The molecule has 1 atom stereocenters. The van der Waals surface area contributed by atoms with Crippen LogP contribution in [0, 0.1) is 0 Å². The number of benzene rings is 2. The van der Waals surface area contributed by atoms with Crippen LogP contribution in [0.4, 0.5) is 0 Å². The van der Waals surface area contributed by atoms with E-state index in [-0.39, 0.29) is 6.04 Å². The number of rotatable bonds is 7. The maximum Gasteiger partial charge on any atom is 0.240 e. The summed E-state index contributed by atoms with van der Waals surface area (Å²) in [5.74, 6) is 0.448. The fourth-order valence-electron chi connectivity index (χ4n) is 3.55. The molecule has 1 N–H and O–H groups in total. The normalized spacial score (nSPS) is 17.7. The molecule has 0 saturated carbocycles. The molecule has 0 amide bonds. The van der Waals surface area contributed by atoms with Gasteiger partial charge < -0.3 is 0 Å². The molecular weight excluding hydrogens is 356 g/mol. The molecule has 1 unspecified atom stereocenters. The Morgan fingerprint density at radius 1 is 1.04 bits per heavy atom. The van der Waals surface area contributed by atoms with Crippen molar-refractivity contribution < 1.29 is 8.42 Å². The van der Waals surface area contributed by atoms with Crippen molar-refractivity contribution in [3.63, 3.8) is 0 Å². The third-order valence-electron chi connectivity index (χ3n) is 5.53. The van der Waals surface area contributed by atoms with Gasteiger partial charge in [0.1, 0.15) is 0 Å². The zero-order chi connectivity index (χ0) is 19.3. The van der Waals surface area contributed by atoms with Gasteiger partial charge in [-0.3, -0.25) is 4.90 Å². The molecule has 1 aliphatic heterocycles. The molecule has 1 heterocycles. The molecule has 3 rings (SSSR count). The summed E-state index contributed by atoms with van der Waals surface area (Å²) in [6.07, 6.45) is 2.74. The van der Waals surface area contributed by atoms with E-state index in [0.29, 0.717) is 10.8 Å². The van der Waals surface area contributed by atoms with E-state index in [1.165, 1.54) is 11.1 Å². The molecule has 2 aromatic rings. The Bertz CT molecular complexity index is 811. The van der Waals surface area contributed by atoms with Crippen LogP contribution in [-0.2, 0) is 16.6 Å². The lowest BCUT2D eigenvalue weighted by Crippen LogP contribution is -2.44. The number of sulfonamides is 1. The zero-order valence-corrected chi connectivity index (χ0v) is 17.1. The van der Waals surface area contributed by atoms with E-state index >= 15 is 0 Å². The summed E-state index contributed by atoms with van der Waals surface area (Å²) in [6.45, 7) is 7.05. The molecule has 1 fully saturated rings. The average Bonchev–Trinajstić information content (AvgIpc) is 2.69. The Balaban J connectivity index is 1.54. The predicted molar refractivity (Wildman–Crippen MR) is 110 cm³/mol. The molecular formula is C22H30N2O2S. The lowest BCUT2D eigenvalue weighted by atomic mass is 9.99. The summed E-state index contributed by atoms with van der Waals surface area (Å²) in [7, 11) is -3.45. The summed E-state index contributed by atoms with van der Waals surface area (Å²) in [4.78, 5) is 2.75. The molecule has 1 saturated heterocycles. The van der Waals surface area contributed by atoms with Crippen molar-refractivity contribution in [3.8, 4) is 0 Å². The van der Waals surface area contributed by atoms with Crippen LogP contribution >= 0.6 is 0 Å². The first kappa shape index (κ1) is 20.1. The van der Waals surface area contributed by atoms with Gasteiger partial charge in [-0.2, -0.15) is 0 Å². The third-order valence-corrected chi connectivity index (χ3v) is 7.07. The quantitative estimate of drug-likeness (QED) is 0.778. The van der Waals surface area contributed by atoms with Crippen molar-refractivity contribution in [2.75, 3.05) is 13.1 Å². The summed E-state index contributed by atoms with van der Waals surface area (Å²) in [6, 6.07) is 17.8. The predicted octanol–water partition coefficient (Wildman–Crippen LogP) is 4.14. The number of nitrogens with zero attached hydrogens (tertiary/aromatic N) is 1. The van der Waals surface area contributed by atoms with Crippen molar-refractivity contribution in [1.82, 2.24) is 9.62 Å². The topological polar surface area (TPSA) is 49.4 Å². The van der Waals surface area contributed by atoms with Crippen LogP contribution in [0.1, 0.15) is 50.2 Å². The van der Waals surface area contributed by atoms with E-state index in [0.717, 1.165) is 38.9 Å². The first-order valence-corrected chi connectivity index (χ1v) is 11.3. The van der Waals surface area contributed by atoms with Crippen molar-refractivity contribution >= 4 is 10.0 Å². The van der Waals surface area contributed by atoms with Crippen LogP contribution in [0.3, 0.4) is 0 Å². The molecule has 5 heteroatoms. The molecule has 27 heavy (non-hydrogen) atoms. The summed E-state index contributed by atoms with van der Waals surface area (Å²) < 4.78 is 28.3. The second-order valence-corrected chi connectivity index (χ2v) is 9.25. The van der Waals surface area contributed by atoms with Crippen LogP contribution in [0.2, 0.25) is 0 Å². The summed E-state index contributed by atoms with van der Waals surface area (Å²) >= 11 is 0. The molecule has 2 aromatic carbocycles. The van der Waals surface area contributed by atoms with Crippen molar-refractivity contribution in [2.24, 2.45) is 0 Å². The Hall–Kier alpha value is -1.69. The smallest absolute Gasteiger partial charge is 0.240 e. The molecule has 0 spiro atoms. The monoisotopic (exact) mass is 386 g/mol. The van der Waals surface area contributed by atoms with Crippen LogP contribution < -0.4 is 4.72 Å². The highest BCUT2D eigenvalue weighted by atomic mass is 32.2. The largest absolute Gasteiger partial charge is 0.299 e. The maximum atomic E-state index is 12.7. The Morgan fingerprint density at radius 2 is 1.67 bits per heavy atom. The molecule has 0 aromatic heterocycles. The van der Waals surface area contributed by atoms with E-state index in [1.807, 2.05) is 18.2 Å². The third kappa shape index (κ3) is 5.41. The Morgan fingerprint density at radius 3 is 2.26 bits per heavy atom. The van der Waals surface area contributed by atoms with Crippen LogP contribution in [-0.4, -0.2) is 32.4 Å². The Kier molecular flexibility index (Phi) is 6.68. The van der Waals surface area contributed by atoms with Crippen LogP contribution in [0.15, 0.2) is 59.5 Å². The van der Waals surface area contributed by atoms with Gasteiger partial charge in [0, 0.05) is 25.7 Å². The van der Waals surface area contributed by atoms with Gasteiger partial charge in [0.05, 0.1) is 4.90 Å². The molecule has 4 nitrogen and oxygen atoms in total. The molecule has 0 aliphatic carbocycles. The molecule has 0 bridgehead atoms. The van der Waals surface area contributed by atoms with Gasteiger partial charge in [-0.25, -0.2) is 13.1 Å². The fraction of sp³-hybridized carbons (Fsp3) is 0.455. The molecule has 1 aliphatic rings. The van der Waals surface area contributed by atoms with Crippen molar-refractivity contribution in [1.29, 1.82) is 0 Å². The molecule has 146 valence electrons. The van der Waals surface area contributed by atoms with Crippen LogP contribution in [0.25, 0.3) is 0 Å². The van der Waals surface area contributed by atoms with E-state index in [1.54, 1.807) is 12.1 Å². The van der Waals surface area contributed by atoms with Gasteiger partial charge in [0.15, 0.2) is 0 Å². The van der Waals surface area contributed by atoms with Gasteiger partial charge in [0.25, 0.3) is 0 Å². The van der Waals surface area contributed by atoms with E-state index in [2.05, 4.69) is 47.7 Å². The number of likely N-dealkylation sites (tertiary alicyclic amines) is 1. The van der Waals surface area contributed by atoms with Crippen molar-refractivity contribution in [3.05, 3.63) is 65.7 Å². The number of hydrogen-bond acceptors (Lipinski definition) is 3. The standard InChI is InChI=1S/C22H30N2O2S/c1-3-18(2)20-9-11-22(12-10-20)27(25,26)23-21-13-15-24(16-14-21)17-19-7-5-4-6-8-19/h4-12,18,21,23H,3,13-17H2,1-2H3. The van der Waals surface area contributed by atoms with E-state index in [9.17, 15) is 8.42 Å². The second kappa shape index (κ2) is 9.00. The van der Waals surface area contributed by atoms with Gasteiger partial charge in [-0.1, -0.05) is 56.3 Å². The first-order chi connectivity index (χ1) is 13.0. The lowest BCUT2D eigenvalue weighted by molar-refractivity contribution is 0.200. The van der Waals surface area contributed by atoms with Gasteiger partial charge in [-0.15, -0.1) is 0 Å². The number of piperidine rings is 1. The fourth-order valence-corrected chi connectivity index (χ4v) is 4.85. The van der Waals surface area contributed by atoms with Gasteiger partial charge in [-0.05, 0) is 48.4 Å². The summed E-state index contributed by atoms with van der Waals surface area (Å²) in [5, 5.41) is 0. The minimum atomic E-state index is -3.45. The highest BCUT2D eigenvalue weighted by Gasteiger charge is 2.24. The van der Waals surface area contributed by atoms with Gasteiger partial charge >= 0.3 is 0 Å². The number of hydrogen-bond donors (Lipinski definition) is 1. The lowest BCUT2D eigenvalue weighted by Gasteiger charge is -2.32. The van der Waals surface area contributed by atoms with Crippen LogP contribution in [0.5, 0.6) is 0 Å². The SMILES string of the molecule is CCC(C)c1ccc(S(=O)(=O)NC2CCN(Cc3ccccc3)CC2)cc1. The number of nitrogens with one attached hydrogen (secondary N) is 1. The van der Waals surface area contributed by atoms with E-state index in [4.69, 9.17) is 0 Å². The molecule has 0 radical (unpaired) electrons. The first-order valence-electron chi connectivity index (χ1n) is 9.86. The van der Waals surface area contributed by atoms with Crippen molar-refractivity contribution in [2.45, 2.75) is 56.5 Å². The zero-order valence-electron chi connectivity index (χ0n) is 16.3. The van der Waals surface area contributed by atoms with E-state index < -0.39 is 10.0 Å². The highest BCUT2D eigenvalue weighted by molar-refractivity contribution is 7.89. The Labute approximate surface area is 163 Å². The average molecular weight is 387 g/mol. The summed E-state index contributed by atoms with van der Waals surface area (Å²) in [5.41, 5.74) is 2.49. The minimum Gasteiger partial charge on any atom is -0.299 e. The van der Waals surface area contributed by atoms with Gasteiger partial charge in [0.2, 0.25) is 10.0 Å².